The highest BCUT2D eigenvalue weighted by Crippen LogP contribution is 2.19. The Labute approximate surface area is 161 Å². The number of hydrogen-bond acceptors (Lipinski definition) is 5. The van der Waals surface area contributed by atoms with Gasteiger partial charge in [0.15, 0.2) is 0 Å². The van der Waals surface area contributed by atoms with Crippen molar-refractivity contribution in [3.63, 3.8) is 0 Å². The van der Waals surface area contributed by atoms with E-state index in [0.717, 1.165) is 12.8 Å². The van der Waals surface area contributed by atoms with Gasteiger partial charge in [0, 0.05) is 19.6 Å². The number of nitrogens with one attached hydrogen (secondary N) is 1. The molecule has 0 radical (unpaired) electrons. The second-order valence-electron chi connectivity index (χ2n) is 7.85. The topological polar surface area (TPSA) is 99.5 Å². The normalized spacial score (nSPS) is 18.0. The number of sulfonamides is 1. The molecule has 2 rings (SSSR count). The van der Waals surface area contributed by atoms with Gasteiger partial charge < -0.3 is 9.64 Å². The van der Waals surface area contributed by atoms with E-state index in [1.807, 2.05) is 26.8 Å². The molecule has 1 saturated heterocycles. The SMILES string of the molecule is CC(C)(C)OC(=O)N1CCCC(CNS(=O)(=O)Cc2ccc(C#N)cc2)C1. The first-order valence-electron chi connectivity index (χ1n) is 9.02. The summed E-state index contributed by atoms with van der Waals surface area (Å²) in [5, 5.41) is 8.79. The first kappa shape index (κ1) is 21.2. The van der Waals surface area contributed by atoms with Crippen LogP contribution in [0.1, 0.15) is 44.7 Å². The van der Waals surface area contributed by atoms with Crippen molar-refractivity contribution in [2.45, 2.75) is 45.0 Å². The molecular weight excluding hydrogens is 366 g/mol. The van der Waals surface area contributed by atoms with Gasteiger partial charge in [0.2, 0.25) is 10.0 Å². The summed E-state index contributed by atoms with van der Waals surface area (Å²) in [6.45, 7) is 6.87. The zero-order valence-electron chi connectivity index (χ0n) is 16.1. The number of nitrogens with zero attached hydrogens (tertiary/aromatic N) is 2. The summed E-state index contributed by atoms with van der Waals surface area (Å²) in [5.41, 5.74) is 0.571. The zero-order chi connectivity index (χ0) is 20.1. The molecule has 1 heterocycles. The van der Waals surface area contributed by atoms with Crippen LogP contribution in [-0.4, -0.2) is 44.6 Å². The molecule has 0 aromatic heterocycles. The maximum absolute atomic E-state index is 12.3. The third kappa shape index (κ3) is 7.19. The van der Waals surface area contributed by atoms with E-state index in [-0.39, 0.29) is 24.3 Å². The largest absolute Gasteiger partial charge is 0.444 e. The zero-order valence-corrected chi connectivity index (χ0v) is 16.9. The molecule has 27 heavy (non-hydrogen) atoms. The number of carbonyl (C=O) groups excluding carboxylic acids is 1. The second-order valence-corrected chi connectivity index (χ2v) is 9.66. The molecule has 1 fully saturated rings. The van der Waals surface area contributed by atoms with Crippen molar-refractivity contribution in [2.24, 2.45) is 5.92 Å². The van der Waals surface area contributed by atoms with E-state index in [1.165, 1.54) is 0 Å². The quantitative estimate of drug-likeness (QED) is 0.829. The maximum Gasteiger partial charge on any atom is 0.410 e. The van der Waals surface area contributed by atoms with Crippen LogP contribution in [0.4, 0.5) is 4.79 Å². The molecule has 1 unspecified atom stereocenters. The number of rotatable bonds is 5. The molecule has 1 aromatic rings. The number of amides is 1. The highest BCUT2D eigenvalue weighted by Gasteiger charge is 2.28. The van der Waals surface area contributed by atoms with Crippen molar-refractivity contribution in [3.8, 4) is 6.07 Å². The molecule has 0 saturated carbocycles. The van der Waals surface area contributed by atoms with Crippen LogP contribution in [0.15, 0.2) is 24.3 Å². The van der Waals surface area contributed by atoms with Gasteiger partial charge in [-0.15, -0.1) is 0 Å². The maximum atomic E-state index is 12.3. The number of ether oxygens (including phenoxy) is 1. The van der Waals surface area contributed by atoms with E-state index in [4.69, 9.17) is 10.00 Å². The lowest BCUT2D eigenvalue weighted by atomic mass is 9.99. The molecule has 148 valence electrons. The predicted molar refractivity (Wildman–Crippen MR) is 102 cm³/mol. The number of benzene rings is 1. The number of hydrogen-bond donors (Lipinski definition) is 1. The van der Waals surface area contributed by atoms with Gasteiger partial charge in [0.1, 0.15) is 5.60 Å². The molecule has 1 N–H and O–H groups in total. The summed E-state index contributed by atoms with van der Waals surface area (Å²) in [6, 6.07) is 8.49. The molecule has 7 nitrogen and oxygen atoms in total. The van der Waals surface area contributed by atoms with Crippen LogP contribution >= 0.6 is 0 Å². The van der Waals surface area contributed by atoms with Crippen molar-refractivity contribution in [1.82, 2.24) is 9.62 Å². The Bertz CT molecular complexity index is 792. The number of carbonyl (C=O) groups is 1. The Morgan fingerprint density at radius 3 is 2.59 bits per heavy atom. The monoisotopic (exact) mass is 393 g/mol. The lowest BCUT2D eigenvalue weighted by Gasteiger charge is -2.34. The average Bonchev–Trinajstić information content (AvgIpc) is 2.59. The van der Waals surface area contributed by atoms with E-state index in [0.29, 0.717) is 24.2 Å². The standard InChI is InChI=1S/C19H27N3O4S/c1-19(2,3)26-18(23)22-10-4-5-17(13-22)12-21-27(24,25)14-16-8-6-15(11-20)7-9-16/h6-9,17,21H,4-5,10,12-14H2,1-3H3. The Hall–Kier alpha value is -2.11. The average molecular weight is 394 g/mol. The van der Waals surface area contributed by atoms with Crippen LogP contribution in [0.3, 0.4) is 0 Å². The van der Waals surface area contributed by atoms with Crippen molar-refractivity contribution in [3.05, 3.63) is 35.4 Å². The summed E-state index contributed by atoms with van der Waals surface area (Å²) in [5.74, 6) is -0.0803. The van der Waals surface area contributed by atoms with Crippen molar-refractivity contribution < 1.29 is 17.9 Å². The van der Waals surface area contributed by atoms with Crippen LogP contribution < -0.4 is 4.72 Å². The van der Waals surface area contributed by atoms with Crippen molar-refractivity contribution >= 4 is 16.1 Å². The number of likely N-dealkylation sites (tertiary alicyclic amines) is 1. The summed E-state index contributed by atoms with van der Waals surface area (Å²) in [6.07, 6.45) is 1.33. The first-order valence-corrected chi connectivity index (χ1v) is 10.7. The van der Waals surface area contributed by atoms with Crippen LogP contribution in [0.2, 0.25) is 0 Å². The Kier molecular flexibility index (Phi) is 6.84. The van der Waals surface area contributed by atoms with Gasteiger partial charge in [-0.3, -0.25) is 0 Å². The van der Waals surface area contributed by atoms with E-state index >= 15 is 0 Å². The summed E-state index contributed by atoms with van der Waals surface area (Å²) < 4.78 is 32.7. The van der Waals surface area contributed by atoms with Crippen LogP contribution in [0.25, 0.3) is 0 Å². The Morgan fingerprint density at radius 2 is 2.00 bits per heavy atom. The molecule has 1 aliphatic heterocycles. The first-order chi connectivity index (χ1) is 12.6. The fraction of sp³-hybridized carbons (Fsp3) is 0.579. The number of piperidine rings is 1. The molecule has 0 spiro atoms. The van der Waals surface area contributed by atoms with Gasteiger partial charge in [0.25, 0.3) is 0 Å². The van der Waals surface area contributed by atoms with Crippen LogP contribution in [0, 0.1) is 17.2 Å². The van der Waals surface area contributed by atoms with E-state index in [2.05, 4.69) is 4.72 Å². The predicted octanol–water partition coefficient (Wildman–Crippen LogP) is 2.62. The lowest BCUT2D eigenvalue weighted by molar-refractivity contribution is 0.0169. The van der Waals surface area contributed by atoms with Gasteiger partial charge in [-0.2, -0.15) is 5.26 Å². The van der Waals surface area contributed by atoms with Gasteiger partial charge in [0.05, 0.1) is 17.4 Å². The second kappa shape index (κ2) is 8.72. The van der Waals surface area contributed by atoms with Crippen LogP contribution in [-0.2, 0) is 20.5 Å². The summed E-state index contributed by atoms with van der Waals surface area (Å²) >= 11 is 0. The minimum Gasteiger partial charge on any atom is -0.444 e. The van der Waals surface area contributed by atoms with Crippen LogP contribution in [0.5, 0.6) is 0 Å². The molecule has 1 aromatic carbocycles. The smallest absolute Gasteiger partial charge is 0.410 e. The molecule has 1 atom stereocenters. The highest BCUT2D eigenvalue weighted by molar-refractivity contribution is 7.88. The van der Waals surface area contributed by atoms with Gasteiger partial charge in [-0.05, 0) is 57.2 Å². The van der Waals surface area contributed by atoms with Gasteiger partial charge in [-0.1, -0.05) is 12.1 Å². The molecule has 1 amide bonds. The molecule has 0 bridgehead atoms. The molecule has 1 aliphatic rings. The fourth-order valence-electron chi connectivity index (χ4n) is 2.91. The molecule has 8 heteroatoms. The fourth-order valence-corrected chi connectivity index (χ4v) is 4.14. The highest BCUT2D eigenvalue weighted by atomic mass is 32.2. The minimum atomic E-state index is -3.49. The number of nitriles is 1. The summed E-state index contributed by atoms with van der Waals surface area (Å²) in [4.78, 5) is 13.8. The van der Waals surface area contributed by atoms with Crippen molar-refractivity contribution in [2.75, 3.05) is 19.6 Å². The van der Waals surface area contributed by atoms with Gasteiger partial charge >= 0.3 is 6.09 Å². The minimum absolute atomic E-state index is 0.0574. The summed E-state index contributed by atoms with van der Waals surface area (Å²) in [7, 11) is -3.49. The van der Waals surface area contributed by atoms with E-state index in [1.54, 1.807) is 29.2 Å². The molecular formula is C19H27N3O4S. The Morgan fingerprint density at radius 1 is 1.33 bits per heavy atom. The van der Waals surface area contributed by atoms with E-state index < -0.39 is 15.6 Å². The lowest BCUT2D eigenvalue weighted by Crippen LogP contribution is -2.45. The van der Waals surface area contributed by atoms with E-state index in [9.17, 15) is 13.2 Å². The third-order valence-electron chi connectivity index (χ3n) is 4.20. The van der Waals surface area contributed by atoms with Crippen molar-refractivity contribution in [1.29, 1.82) is 5.26 Å². The van der Waals surface area contributed by atoms with Gasteiger partial charge in [-0.25, -0.2) is 17.9 Å². The third-order valence-corrected chi connectivity index (χ3v) is 5.52. The molecule has 0 aliphatic carbocycles. The Balaban J connectivity index is 1.87.